The van der Waals surface area contributed by atoms with E-state index in [4.69, 9.17) is 9.72 Å². The monoisotopic (exact) mass is 497 g/mol. The Morgan fingerprint density at radius 3 is 2.78 bits per heavy atom. The lowest BCUT2D eigenvalue weighted by Crippen LogP contribution is -2.27. The van der Waals surface area contributed by atoms with Gasteiger partial charge in [0.25, 0.3) is 0 Å². The van der Waals surface area contributed by atoms with Crippen molar-refractivity contribution < 1.29 is 4.74 Å². The van der Waals surface area contributed by atoms with Crippen LogP contribution in [0.25, 0.3) is 22.2 Å². The van der Waals surface area contributed by atoms with E-state index >= 15 is 0 Å². The van der Waals surface area contributed by atoms with Gasteiger partial charge in [-0.25, -0.2) is 9.97 Å². The van der Waals surface area contributed by atoms with Crippen LogP contribution >= 0.6 is 0 Å². The van der Waals surface area contributed by atoms with Gasteiger partial charge in [-0.1, -0.05) is 24.3 Å². The third-order valence-electron chi connectivity index (χ3n) is 6.72. The minimum absolute atomic E-state index is 0.519. The van der Waals surface area contributed by atoms with Gasteiger partial charge in [-0.2, -0.15) is 0 Å². The number of fused-ring (bicyclic) bond motifs is 1. The standard InChI is InChI=1S/C29H35N7O/c1-5-13-31-24-17-25(28(37-4)18-27(24)35(3)16-15-30-2)34-29-32-14-12-23(33-29)22-19-36(20-10-11-20)26-9-7-6-8-21(22)26/h5-9,12,14,17-20,30-31H,1,10-11,13,15-16H2,2-4H3,(H,32,33,34). The van der Waals surface area contributed by atoms with Gasteiger partial charge in [0.05, 0.1) is 29.9 Å². The zero-order valence-electron chi connectivity index (χ0n) is 21.8. The minimum Gasteiger partial charge on any atom is -0.494 e. The first-order valence-corrected chi connectivity index (χ1v) is 12.8. The fourth-order valence-corrected chi connectivity index (χ4v) is 4.63. The van der Waals surface area contributed by atoms with Crippen LogP contribution in [0.4, 0.5) is 23.0 Å². The maximum absolute atomic E-state index is 5.77. The Balaban J connectivity index is 1.49. The number of para-hydroxylation sites is 1. The number of nitrogens with zero attached hydrogens (tertiary/aromatic N) is 4. The van der Waals surface area contributed by atoms with Crippen molar-refractivity contribution in [1.82, 2.24) is 19.9 Å². The summed E-state index contributed by atoms with van der Waals surface area (Å²) in [6, 6.07) is 15.2. The number of methoxy groups -OCH3 is 1. The zero-order chi connectivity index (χ0) is 25.8. The van der Waals surface area contributed by atoms with E-state index in [1.54, 1.807) is 13.3 Å². The second-order valence-electron chi connectivity index (χ2n) is 9.35. The Labute approximate surface area is 218 Å². The first-order valence-electron chi connectivity index (χ1n) is 12.8. The Hall–Kier alpha value is -4.04. The van der Waals surface area contributed by atoms with Crippen molar-refractivity contribution in [1.29, 1.82) is 0 Å². The number of hydrogen-bond acceptors (Lipinski definition) is 7. The molecule has 5 rings (SSSR count). The van der Waals surface area contributed by atoms with Gasteiger partial charge in [0, 0.05) is 67.7 Å². The second-order valence-corrected chi connectivity index (χ2v) is 9.35. The predicted octanol–water partition coefficient (Wildman–Crippen LogP) is 5.44. The van der Waals surface area contributed by atoms with E-state index in [9.17, 15) is 0 Å². The smallest absolute Gasteiger partial charge is 0.227 e. The summed E-state index contributed by atoms with van der Waals surface area (Å²) >= 11 is 0. The van der Waals surface area contributed by atoms with Crippen LogP contribution in [0.3, 0.4) is 0 Å². The van der Waals surface area contributed by atoms with Crippen LogP contribution in [0.15, 0.2) is 67.5 Å². The average Bonchev–Trinajstić information content (AvgIpc) is 3.70. The topological polar surface area (TPSA) is 79.3 Å². The quantitative estimate of drug-likeness (QED) is 0.225. The summed E-state index contributed by atoms with van der Waals surface area (Å²) < 4.78 is 8.16. The summed E-state index contributed by atoms with van der Waals surface area (Å²) in [6.45, 7) is 6.23. The molecule has 3 N–H and O–H groups in total. The van der Waals surface area contributed by atoms with Gasteiger partial charge in [-0.3, -0.25) is 0 Å². The van der Waals surface area contributed by atoms with E-state index in [0.29, 0.717) is 18.5 Å². The minimum atomic E-state index is 0.519. The zero-order valence-corrected chi connectivity index (χ0v) is 21.8. The summed E-state index contributed by atoms with van der Waals surface area (Å²) in [7, 11) is 5.71. The maximum Gasteiger partial charge on any atom is 0.227 e. The van der Waals surface area contributed by atoms with Crippen molar-refractivity contribution in [3.05, 3.63) is 67.5 Å². The van der Waals surface area contributed by atoms with Gasteiger partial charge < -0.3 is 30.2 Å². The molecule has 192 valence electrons. The molecule has 0 radical (unpaired) electrons. The number of rotatable bonds is 12. The van der Waals surface area contributed by atoms with Crippen molar-refractivity contribution in [3.63, 3.8) is 0 Å². The van der Waals surface area contributed by atoms with Crippen LogP contribution in [0.5, 0.6) is 5.75 Å². The molecule has 1 aliphatic rings. The molecule has 1 saturated carbocycles. The first-order chi connectivity index (χ1) is 18.1. The van der Waals surface area contributed by atoms with Crippen molar-refractivity contribution >= 4 is 33.9 Å². The van der Waals surface area contributed by atoms with Gasteiger partial charge in [-0.15, -0.1) is 6.58 Å². The van der Waals surface area contributed by atoms with Crippen LogP contribution in [0.1, 0.15) is 18.9 Å². The van der Waals surface area contributed by atoms with Crippen molar-refractivity contribution in [2.45, 2.75) is 18.9 Å². The third kappa shape index (κ3) is 5.24. The van der Waals surface area contributed by atoms with E-state index in [2.05, 4.69) is 74.5 Å². The molecule has 37 heavy (non-hydrogen) atoms. The summed E-state index contributed by atoms with van der Waals surface area (Å²) in [5, 5.41) is 11.3. The molecule has 4 aromatic rings. The molecule has 2 aromatic carbocycles. The van der Waals surface area contributed by atoms with Crippen LogP contribution < -0.4 is 25.6 Å². The molecule has 1 fully saturated rings. The van der Waals surface area contributed by atoms with Crippen molar-refractivity contribution in [3.8, 4) is 17.0 Å². The molecular formula is C29H35N7O. The average molecular weight is 498 g/mol. The normalized spacial score (nSPS) is 12.9. The molecular weight excluding hydrogens is 462 g/mol. The predicted molar refractivity (Wildman–Crippen MR) is 153 cm³/mol. The lowest BCUT2D eigenvalue weighted by molar-refractivity contribution is 0.417. The second kappa shape index (κ2) is 10.9. The number of likely N-dealkylation sites (N-methyl/N-ethyl adjacent to an activating group) is 2. The highest BCUT2D eigenvalue weighted by atomic mass is 16.5. The number of nitrogens with one attached hydrogen (secondary N) is 3. The van der Waals surface area contributed by atoms with Gasteiger partial charge in [0.15, 0.2) is 0 Å². The van der Waals surface area contributed by atoms with E-state index < -0.39 is 0 Å². The molecule has 0 spiro atoms. The number of hydrogen-bond donors (Lipinski definition) is 3. The number of anilines is 4. The molecule has 1 aliphatic carbocycles. The first kappa shape index (κ1) is 24.6. The number of aromatic nitrogens is 3. The van der Waals surface area contributed by atoms with Crippen LogP contribution in [-0.4, -0.2) is 55.4 Å². The molecule has 0 saturated heterocycles. The highest BCUT2D eigenvalue weighted by Gasteiger charge is 2.26. The van der Waals surface area contributed by atoms with Gasteiger partial charge in [-0.05, 0) is 38.1 Å². The largest absolute Gasteiger partial charge is 0.494 e. The lowest BCUT2D eigenvalue weighted by atomic mass is 10.1. The van der Waals surface area contributed by atoms with Crippen LogP contribution in [-0.2, 0) is 0 Å². The van der Waals surface area contributed by atoms with Crippen molar-refractivity contribution in [2.75, 3.05) is 56.4 Å². The molecule has 0 aliphatic heterocycles. The van der Waals surface area contributed by atoms with Crippen molar-refractivity contribution in [2.24, 2.45) is 0 Å². The van der Waals surface area contributed by atoms with E-state index in [1.165, 1.54) is 23.7 Å². The highest BCUT2D eigenvalue weighted by molar-refractivity contribution is 5.95. The van der Waals surface area contributed by atoms with E-state index in [-0.39, 0.29) is 0 Å². The van der Waals surface area contributed by atoms with Crippen LogP contribution in [0, 0.1) is 0 Å². The maximum atomic E-state index is 5.77. The van der Waals surface area contributed by atoms with Gasteiger partial charge in [0.1, 0.15) is 5.75 Å². The summed E-state index contributed by atoms with van der Waals surface area (Å²) in [4.78, 5) is 11.6. The Morgan fingerprint density at radius 1 is 1.19 bits per heavy atom. The molecule has 0 atom stereocenters. The Kier molecular flexibility index (Phi) is 7.28. The summed E-state index contributed by atoms with van der Waals surface area (Å²) in [6.07, 6.45) is 8.35. The summed E-state index contributed by atoms with van der Waals surface area (Å²) in [5.74, 6) is 1.24. The third-order valence-corrected chi connectivity index (χ3v) is 6.72. The number of benzene rings is 2. The van der Waals surface area contributed by atoms with E-state index in [0.717, 1.165) is 47.2 Å². The lowest BCUT2D eigenvalue weighted by Gasteiger charge is -2.25. The Bertz CT molecular complexity index is 1390. The fraction of sp³-hybridized carbons (Fsp3) is 0.310. The molecule has 8 nitrogen and oxygen atoms in total. The fourth-order valence-electron chi connectivity index (χ4n) is 4.63. The molecule has 0 bridgehead atoms. The highest BCUT2D eigenvalue weighted by Crippen LogP contribution is 2.41. The van der Waals surface area contributed by atoms with Crippen LogP contribution in [0.2, 0.25) is 0 Å². The molecule has 0 unspecified atom stereocenters. The van der Waals surface area contributed by atoms with Gasteiger partial charge in [0.2, 0.25) is 5.95 Å². The Morgan fingerprint density at radius 2 is 2.03 bits per heavy atom. The molecule has 8 heteroatoms. The number of ether oxygens (including phenoxy) is 1. The molecule has 0 amide bonds. The summed E-state index contributed by atoms with van der Waals surface area (Å²) in [5.41, 5.74) is 6.07. The molecule has 2 aromatic heterocycles. The molecule has 2 heterocycles. The van der Waals surface area contributed by atoms with E-state index in [1.807, 2.05) is 31.3 Å². The SMILES string of the molecule is C=CCNc1cc(Nc2nccc(-c3cn(C4CC4)c4ccccc34)n2)c(OC)cc1N(C)CCNC. The van der Waals surface area contributed by atoms with Gasteiger partial charge >= 0.3 is 0 Å².